The smallest absolute Gasteiger partial charge is 0.316 e. The fourth-order valence-electron chi connectivity index (χ4n) is 2.79. The topological polar surface area (TPSA) is 130 Å². The zero-order chi connectivity index (χ0) is 21.1. The van der Waals surface area contributed by atoms with Gasteiger partial charge in [-0.05, 0) is 12.1 Å². The summed E-state index contributed by atoms with van der Waals surface area (Å²) in [7, 11) is 1.51. The van der Waals surface area contributed by atoms with E-state index in [4.69, 9.17) is 19.6 Å². The number of para-hydroxylation sites is 1. The fraction of sp³-hybridized carbons (Fsp3) is 0.158. The average Bonchev–Trinajstić information content (AvgIpc) is 3.32. The molecule has 0 unspecified atom stereocenters. The van der Waals surface area contributed by atoms with Crippen molar-refractivity contribution in [1.29, 1.82) is 0 Å². The highest BCUT2D eigenvalue weighted by Crippen LogP contribution is 2.36. The Bertz CT molecular complexity index is 1240. The Hall–Kier alpha value is -3.31. The zero-order valence-corrected chi connectivity index (χ0v) is 17.3. The molecule has 2 aromatic carbocycles. The third kappa shape index (κ3) is 4.31. The van der Waals surface area contributed by atoms with Crippen molar-refractivity contribution in [2.45, 2.75) is 4.34 Å². The number of hydrogen-bond donors (Lipinski definition) is 2. The molecule has 11 heteroatoms. The van der Waals surface area contributed by atoms with Crippen LogP contribution >= 0.6 is 23.1 Å². The Kier molecular flexibility index (Phi) is 5.72. The summed E-state index contributed by atoms with van der Waals surface area (Å²) in [6.07, 6.45) is 0. The molecule has 0 saturated carbocycles. The lowest BCUT2D eigenvalue weighted by Gasteiger charge is -2.10. The number of carbonyl (C=O) groups excluding carboxylic acids is 2. The molecule has 0 aliphatic heterocycles. The van der Waals surface area contributed by atoms with Crippen LogP contribution < -0.4 is 15.8 Å². The van der Waals surface area contributed by atoms with Gasteiger partial charge in [-0.15, -0.1) is 10.2 Å². The van der Waals surface area contributed by atoms with Gasteiger partial charge in [-0.2, -0.15) is 0 Å². The van der Waals surface area contributed by atoms with Crippen molar-refractivity contribution in [3.63, 3.8) is 0 Å². The van der Waals surface area contributed by atoms with Gasteiger partial charge < -0.3 is 24.9 Å². The van der Waals surface area contributed by atoms with E-state index in [-0.39, 0.29) is 5.75 Å². The van der Waals surface area contributed by atoms with E-state index in [1.165, 1.54) is 18.4 Å². The number of carbonyl (C=O) groups is 2. The van der Waals surface area contributed by atoms with Crippen LogP contribution in [0.5, 0.6) is 5.75 Å². The van der Waals surface area contributed by atoms with E-state index in [1.54, 1.807) is 12.1 Å². The number of amides is 1. The molecule has 3 N–H and O–H groups in total. The van der Waals surface area contributed by atoms with E-state index in [9.17, 15) is 9.59 Å². The van der Waals surface area contributed by atoms with Crippen molar-refractivity contribution in [1.82, 2.24) is 10.2 Å². The predicted molar refractivity (Wildman–Crippen MR) is 115 cm³/mol. The SMILES string of the molecule is COc1cc2c(cc1NC(=O)COC(=O)CSc1nnc(N)s1)oc1ccccc12. The molecule has 0 radical (unpaired) electrons. The predicted octanol–water partition coefficient (Wildman–Crippen LogP) is 3.30. The lowest BCUT2D eigenvalue weighted by molar-refractivity contribution is -0.144. The number of esters is 1. The van der Waals surface area contributed by atoms with Crippen LogP contribution in [0.15, 0.2) is 45.2 Å². The number of nitrogens with two attached hydrogens (primary N) is 1. The summed E-state index contributed by atoms with van der Waals surface area (Å²) in [6.45, 7) is -0.432. The minimum absolute atomic E-state index is 0.00379. The van der Waals surface area contributed by atoms with E-state index in [0.717, 1.165) is 28.1 Å². The lowest BCUT2D eigenvalue weighted by atomic mass is 10.1. The van der Waals surface area contributed by atoms with Gasteiger partial charge in [0.1, 0.15) is 16.9 Å². The molecule has 0 aliphatic rings. The van der Waals surface area contributed by atoms with Crippen LogP contribution in [0.1, 0.15) is 0 Å². The van der Waals surface area contributed by atoms with E-state index >= 15 is 0 Å². The average molecular weight is 444 g/mol. The number of ether oxygens (including phenoxy) is 2. The molecule has 0 spiro atoms. The van der Waals surface area contributed by atoms with E-state index in [2.05, 4.69) is 15.5 Å². The van der Waals surface area contributed by atoms with Gasteiger partial charge in [0.2, 0.25) is 5.13 Å². The molecule has 0 fully saturated rings. The maximum Gasteiger partial charge on any atom is 0.316 e. The number of benzene rings is 2. The van der Waals surface area contributed by atoms with Gasteiger partial charge >= 0.3 is 5.97 Å². The molecule has 30 heavy (non-hydrogen) atoms. The van der Waals surface area contributed by atoms with Gasteiger partial charge in [-0.25, -0.2) is 0 Å². The first-order valence-electron chi connectivity index (χ1n) is 8.70. The quantitative estimate of drug-likeness (QED) is 0.326. The number of nitrogens with one attached hydrogen (secondary N) is 1. The molecule has 4 rings (SSSR count). The van der Waals surface area contributed by atoms with Gasteiger partial charge in [0.05, 0.1) is 18.6 Å². The molecule has 0 bridgehead atoms. The second kappa shape index (κ2) is 8.59. The van der Waals surface area contributed by atoms with E-state index in [0.29, 0.717) is 26.5 Å². The number of methoxy groups -OCH3 is 1. The molecule has 154 valence electrons. The van der Waals surface area contributed by atoms with Crippen molar-refractivity contribution in [3.8, 4) is 5.75 Å². The van der Waals surface area contributed by atoms with Crippen LogP contribution in [0.4, 0.5) is 10.8 Å². The molecule has 1 amide bonds. The Balaban J connectivity index is 1.39. The van der Waals surface area contributed by atoms with Crippen molar-refractivity contribution in [3.05, 3.63) is 36.4 Å². The Labute approximate surface area is 178 Å². The molecule has 2 heterocycles. The molecule has 0 saturated heterocycles. The Morgan fingerprint density at radius 3 is 2.80 bits per heavy atom. The van der Waals surface area contributed by atoms with E-state index in [1.807, 2.05) is 24.3 Å². The van der Waals surface area contributed by atoms with Gasteiger partial charge in [0.25, 0.3) is 5.91 Å². The summed E-state index contributed by atoms with van der Waals surface area (Å²) in [5.74, 6) is -0.583. The number of aromatic nitrogens is 2. The summed E-state index contributed by atoms with van der Waals surface area (Å²) >= 11 is 2.31. The normalized spacial score (nSPS) is 11.0. The minimum Gasteiger partial charge on any atom is -0.495 e. The Morgan fingerprint density at radius 1 is 1.20 bits per heavy atom. The highest BCUT2D eigenvalue weighted by molar-refractivity contribution is 8.01. The number of fused-ring (bicyclic) bond motifs is 3. The number of furan rings is 1. The van der Waals surface area contributed by atoms with Crippen molar-refractivity contribution in [2.24, 2.45) is 0 Å². The molecule has 9 nitrogen and oxygen atoms in total. The van der Waals surface area contributed by atoms with Crippen LogP contribution in [0.25, 0.3) is 21.9 Å². The summed E-state index contributed by atoms with van der Waals surface area (Å²) in [6, 6.07) is 11.1. The maximum atomic E-state index is 12.3. The van der Waals surface area contributed by atoms with Gasteiger partial charge in [-0.1, -0.05) is 41.3 Å². The number of anilines is 2. The maximum absolute atomic E-state index is 12.3. The first-order chi connectivity index (χ1) is 14.5. The zero-order valence-electron chi connectivity index (χ0n) is 15.7. The van der Waals surface area contributed by atoms with Crippen molar-refractivity contribution < 1.29 is 23.5 Å². The molecular weight excluding hydrogens is 428 g/mol. The largest absolute Gasteiger partial charge is 0.495 e. The summed E-state index contributed by atoms with van der Waals surface area (Å²) in [5, 5.41) is 12.3. The molecular formula is C19H16N4O5S2. The summed E-state index contributed by atoms with van der Waals surface area (Å²) in [5.41, 5.74) is 7.25. The van der Waals surface area contributed by atoms with Gasteiger partial charge in [0, 0.05) is 16.8 Å². The monoisotopic (exact) mass is 444 g/mol. The molecule has 2 aromatic heterocycles. The highest BCUT2D eigenvalue weighted by atomic mass is 32.2. The Morgan fingerprint density at radius 2 is 2.03 bits per heavy atom. The minimum atomic E-state index is -0.552. The molecule has 0 aliphatic carbocycles. The standard InChI is InChI=1S/C19H16N4O5S2/c1-26-15-6-11-10-4-2-3-5-13(10)28-14(11)7-12(15)21-16(24)8-27-17(25)9-29-19-23-22-18(20)30-19/h2-7H,8-9H2,1H3,(H2,20,22)(H,21,24). The van der Waals surface area contributed by atoms with Gasteiger partial charge in [0.15, 0.2) is 10.9 Å². The first kappa shape index (κ1) is 20.0. The number of rotatable bonds is 7. The molecule has 0 atom stereocenters. The first-order valence-corrected chi connectivity index (χ1v) is 10.5. The number of nitrogen functional groups attached to an aromatic ring is 1. The van der Waals surface area contributed by atoms with Crippen molar-refractivity contribution >= 4 is 67.7 Å². The summed E-state index contributed by atoms with van der Waals surface area (Å²) < 4.78 is 16.8. The third-order valence-corrected chi connectivity index (χ3v) is 5.93. The summed E-state index contributed by atoms with van der Waals surface area (Å²) in [4.78, 5) is 24.1. The third-order valence-electron chi connectivity index (χ3n) is 4.07. The van der Waals surface area contributed by atoms with Crippen LogP contribution in [-0.2, 0) is 14.3 Å². The lowest BCUT2D eigenvalue weighted by Crippen LogP contribution is -2.21. The second-order valence-corrected chi connectivity index (χ2v) is 8.28. The van der Waals surface area contributed by atoms with E-state index < -0.39 is 18.5 Å². The number of hydrogen-bond acceptors (Lipinski definition) is 10. The van der Waals surface area contributed by atoms with Gasteiger partial charge in [-0.3, -0.25) is 9.59 Å². The highest BCUT2D eigenvalue weighted by Gasteiger charge is 2.15. The fourth-order valence-corrected chi connectivity index (χ4v) is 4.23. The van der Waals surface area contributed by atoms with Crippen LogP contribution in [0.2, 0.25) is 0 Å². The number of thioether (sulfide) groups is 1. The van der Waals surface area contributed by atoms with Crippen molar-refractivity contribution in [2.75, 3.05) is 30.5 Å². The molecule has 4 aromatic rings. The van der Waals surface area contributed by atoms with Crippen LogP contribution in [0, 0.1) is 0 Å². The van der Waals surface area contributed by atoms with Crippen LogP contribution in [0.3, 0.4) is 0 Å². The number of nitrogens with zero attached hydrogens (tertiary/aromatic N) is 2. The second-order valence-electron chi connectivity index (χ2n) is 6.05. The van der Waals surface area contributed by atoms with Crippen LogP contribution in [-0.4, -0.2) is 41.5 Å².